The molecule has 0 spiro atoms. The molecule has 0 aliphatic carbocycles. The van der Waals surface area contributed by atoms with Crippen molar-refractivity contribution in [2.75, 3.05) is 12.8 Å². The molecule has 0 radical (unpaired) electrons. The number of nitrogens with one attached hydrogen (secondary N) is 1. The maximum Gasteiger partial charge on any atom is 0.126 e. The Balaban J connectivity index is 2.03. The van der Waals surface area contributed by atoms with E-state index in [1.54, 1.807) is 23.9 Å². The van der Waals surface area contributed by atoms with Crippen LogP contribution >= 0.6 is 22.9 Å². The van der Waals surface area contributed by atoms with Crippen LogP contribution in [0.5, 0.6) is 0 Å². The molecule has 0 aliphatic heterocycles. The molecule has 0 amide bonds. The van der Waals surface area contributed by atoms with Crippen molar-refractivity contribution in [3.63, 3.8) is 0 Å². The third kappa shape index (κ3) is 4.19. The zero-order valence-electron chi connectivity index (χ0n) is 11.5. The average Bonchev–Trinajstić information content (AvgIpc) is 3.05. The Morgan fingerprint density at radius 1 is 1.45 bits per heavy atom. The zero-order valence-corrected chi connectivity index (χ0v) is 13.9. The van der Waals surface area contributed by atoms with Crippen molar-refractivity contribution < 1.29 is 8.63 Å². The monoisotopic (exact) mass is 331 g/mol. The van der Waals surface area contributed by atoms with Gasteiger partial charge in [0.2, 0.25) is 0 Å². The van der Waals surface area contributed by atoms with Crippen molar-refractivity contribution in [1.82, 2.24) is 5.32 Å². The van der Waals surface area contributed by atoms with Gasteiger partial charge in [-0.25, -0.2) is 0 Å². The Morgan fingerprint density at radius 3 is 2.80 bits per heavy atom. The lowest BCUT2D eigenvalue weighted by Crippen LogP contribution is -2.25. The quantitative estimate of drug-likeness (QED) is 0.838. The molecule has 2 rings (SSSR count). The van der Waals surface area contributed by atoms with Gasteiger partial charge in [-0.05, 0) is 37.2 Å². The van der Waals surface area contributed by atoms with E-state index in [-0.39, 0.29) is 11.3 Å². The number of thiophene rings is 1. The van der Waals surface area contributed by atoms with Crippen LogP contribution in [-0.4, -0.2) is 22.3 Å². The molecule has 3 unspecified atom stereocenters. The van der Waals surface area contributed by atoms with E-state index in [0.717, 1.165) is 27.9 Å². The van der Waals surface area contributed by atoms with E-state index >= 15 is 0 Å². The van der Waals surface area contributed by atoms with Gasteiger partial charge < -0.3 is 9.73 Å². The highest BCUT2D eigenvalue weighted by Gasteiger charge is 2.18. The first-order valence-electron chi connectivity index (χ1n) is 6.42. The molecule has 3 atom stereocenters. The van der Waals surface area contributed by atoms with Gasteiger partial charge in [0, 0.05) is 27.2 Å². The van der Waals surface area contributed by atoms with Crippen molar-refractivity contribution in [2.45, 2.75) is 24.6 Å². The standard InChI is InChI=1S/C14H18ClNO2S2/c1-10(20(2)17)7-8-16-14(11-4-3-9-18-11)12-5-6-13(15)19-12/h3-6,9-10,14,16H,7-8H2,1-2H3. The van der Waals surface area contributed by atoms with Gasteiger partial charge in [0.15, 0.2) is 0 Å². The fourth-order valence-electron chi connectivity index (χ4n) is 1.88. The molecule has 0 aromatic carbocycles. The first-order valence-corrected chi connectivity index (χ1v) is 9.23. The van der Waals surface area contributed by atoms with E-state index in [1.165, 1.54) is 0 Å². The Kier molecular flexibility index (Phi) is 5.84. The van der Waals surface area contributed by atoms with Gasteiger partial charge in [-0.2, -0.15) is 0 Å². The minimum Gasteiger partial charge on any atom is -0.467 e. The van der Waals surface area contributed by atoms with E-state index in [0.29, 0.717) is 0 Å². The summed E-state index contributed by atoms with van der Waals surface area (Å²) < 4.78 is 17.6. The number of furan rings is 1. The van der Waals surface area contributed by atoms with Crippen LogP contribution in [0.2, 0.25) is 4.34 Å². The van der Waals surface area contributed by atoms with Crippen molar-refractivity contribution in [2.24, 2.45) is 0 Å². The molecule has 110 valence electrons. The molecule has 1 N–H and O–H groups in total. The zero-order chi connectivity index (χ0) is 14.5. The van der Waals surface area contributed by atoms with Crippen LogP contribution in [0.3, 0.4) is 0 Å². The van der Waals surface area contributed by atoms with Gasteiger partial charge in [-0.1, -0.05) is 18.5 Å². The van der Waals surface area contributed by atoms with E-state index in [9.17, 15) is 4.21 Å². The molecule has 6 heteroatoms. The second kappa shape index (κ2) is 7.41. The molecule has 20 heavy (non-hydrogen) atoms. The summed E-state index contributed by atoms with van der Waals surface area (Å²) in [4.78, 5) is 1.12. The summed E-state index contributed by atoms with van der Waals surface area (Å²) in [5, 5.41) is 3.65. The number of hydrogen-bond acceptors (Lipinski definition) is 4. The molecule has 3 nitrogen and oxygen atoms in total. The highest BCUT2D eigenvalue weighted by molar-refractivity contribution is 7.84. The summed E-state index contributed by atoms with van der Waals surface area (Å²) in [6.45, 7) is 2.78. The molecule has 0 saturated heterocycles. The number of hydrogen-bond donors (Lipinski definition) is 1. The molecular weight excluding hydrogens is 314 g/mol. The van der Waals surface area contributed by atoms with Crippen LogP contribution in [0.15, 0.2) is 34.9 Å². The Hall–Kier alpha value is -0.620. The minimum atomic E-state index is -0.784. The van der Waals surface area contributed by atoms with Gasteiger partial charge in [0.05, 0.1) is 10.6 Å². The van der Waals surface area contributed by atoms with Gasteiger partial charge in [0.1, 0.15) is 11.8 Å². The summed E-state index contributed by atoms with van der Waals surface area (Å²) in [6, 6.07) is 7.73. The predicted octanol–water partition coefficient (Wildman–Crippen LogP) is 3.83. The van der Waals surface area contributed by atoms with Gasteiger partial charge in [0.25, 0.3) is 0 Å². The van der Waals surface area contributed by atoms with Crippen LogP contribution in [0.25, 0.3) is 0 Å². The van der Waals surface area contributed by atoms with Crippen LogP contribution in [0.4, 0.5) is 0 Å². The topological polar surface area (TPSA) is 42.2 Å². The first-order chi connectivity index (χ1) is 9.58. The van der Waals surface area contributed by atoms with Crippen molar-refractivity contribution in [1.29, 1.82) is 0 Å². The normalized spacial score (nSPS) is 15.9. The molecule has 0 aliphatic rings. The fourth-order valence-corrected chi connectivity index (χ4v) is 3.47. The fraction of sp³-hybridized carbons (Fsp3) is 0.429. The summed E-state index contributed by atoms with van der Waals surface area (Å²) in [7, 11) is -0.784. The second-order valence-corrected chi connectivity index (χ2v) is 8.19. The largest absolute Gasteiger partial charge is 0.467 e. The van der Waals surface area contributed by atoms with E-state index in [1.807, 2.05) is 31.2 Å². The molecular formula is C14H18ClNO2S2. The minimum absolute atomic E-state index is 0.00000787. The van der Waals surface area contributed by atoms with E-state index < -0.39 is 10.8 Å². The van der Waals surface area contributed by atoms with Crippen LogP contribution in [0, 0.1) is 0 Å². The van der Waals surface area contributed by atoms with Gasteiger partial charge >= 0.3 is 0 Å². The predicted molar refractivity (Wildman–Crippen MR) is 86.0 cm³/mol. The summed E-state index contributed by atoms with van der Waals surface area (Å²) >= 11 is 7.55. The number of halogens is 1. The Bertz CT molecular complexity index is 553. The third-order valence-corrected chi connectivity index (χ3v) is 5.84. The second-order valence-electron chi connectivity index (χ2n) is 4.64. The molecule has 0 fully saturated rings. The highest BCUT2D eigenvalue weighted by Crippen LogP contribution is 2.31. The molecule has 2 aromatic rings. The Morgan fingerprint density at radius 2 is 2.25 bits per heavy atom. The Labute approximate surface area is 130 Å². The third-order valence-electron chi connectivity index (χ3n) is 3.17. The lowest BCUT2D eigenvalue weighted by Gasteiger charge is -2.16. The lowest BCUT2D eigenvalue weighted by atomic mass is 10.2. The molecule has 2 aromatic heterocycles. The van der Waals surface area contributed by atoms with E-state index in [4.69, 9.17) is 16.0 Å². The molecule has 0 bridgehead atoms. The van der Waals surface area contributed by atoms with Crippen LogP contribution in [0.1, 0.15) is 30.0 Å². The molecule has 2 heterocycles. The average molecular weight is 332 g/mol. The maximum absolute atomic E-state index is 11.4. The van der Waals surface area contributed by atoms with Crippen molar-refractivity contribution in [3.05, 3.63) is 45.5 Å². The lowest BCUT2D eigenvalue weighted by molar-refractivity contribution is 0.447. The van der Waals surface area contributed by atoms with Gasteiger partial charge in [-0.15, -0.1) is 11.3 Å². The first kappa shape index (κ1) is 15.8. The van der Waals surface area contributed by atoms with Crippen molar-refractivity contribution in [3.8, 4) is 0 Å². The SMILES string of the molecule is CC(CCNC(c1ccco1)c1ccc(Cl)s1)S(C)=O. The molecule has 0 saturated carbocycles. The number of rotatable bonds is 7. The van der Waals surface area contributed by atoms with E-state index in [2.05, 4.69) is 5.32 Å². The van der Waals surface area contributed by atoms with Crippen LogP contribution < -0.4 is 5.32 Å². The summed E-state index contributed by atoms with van der Waals surface area (Å²) in [5.74, 6) is 0.869. The smallest absolute Gasteiger partial charge is 0.126 e. The summed E-state index contributed by atoms with van der Waals surface area (Å²) in [6.07, 6.45) is 4.27. The summed E-state index contributed by atoms with van der Waals surface area (Å²) in [5.41, 5.74) is 0. The van der Waals surface area contributed by atoms with Crippen molar-refractivity contribution >= 4 is 33.7 Å². The van der Waals surface area contributed by atoms with Crippen LogP contribution in [-0.2, 0) is 10.8 Å². The maximum atomic E-state index is 11.4. The van der Waals surface area contributed by atoms with Gasteiger partial charge in [-0.3, -0.25) is 4.21 Å². The highest BCUT2D eigenvalue weighted by atomic mass is 35.5.